The summed E-state index contributed by atoms with van der Waals surface area (Å²) in [6.45, 7) is 9.78. The van der Waals surface area contributed by atoms with Crippen LogP contribution in [0.3, 0.4) is 0 Å². The van der Waals surface area contributed by atoms with E-state index in [1.165, 1.54) is 19.2 Å². The van der Waals surface area contributed by atoms with E-state index >= 15 is 4.39 Å². The largest absolute Gasteiger partial charge is 0.495 e. The van der Waals surface area contributed by atoms with Gasteiger partial charge in [0.1, 0.15) is 5.82 Å². The molecule has 1 aliphatic heterocycles. The zero-order valence-corrected chi connectivity index (χ0v) is 17.8. The Morgan fingerprint density at radius 3 is 2.10 bits per heavy atom. The van der Waals surface area contributed by atoms with Gasteiger partial charge >= 0.3 is 7.12 Å². The monoisotopic (exact) mass is 400 g/mol. The molecule has 154 valence electrons. The second-order valence-corrected chi connectivity index (χ2v) is 8.17. The topological polar surface area (TPSA) is 27.7 Å². The first-order chi connectivity index (χ1) is 13.6. The van der Waals surface area contributed by atoms with Crippen LogP contribution in [-0.4, -0.2) is 25.4 Å². The summed E-state index contributed by atoms with van der Waals surface area (Å²) >= 11 is 0. The lowest BCUT2D eigenvalue weighted by Gasteiger charge is -2.32. The van der Waals surface area contributed by atoms with E-state index in [1.54, 1.807) is 24.3 Å². The second-order valence-electron chi connectivity index (χ2n) is 8.17. The zero-order chi connectivity index (χ0) is 21.4. The second kappa shape index (κ2) is 7.92. The van der Waals surface area contributed by atoms with Gasteiger partial charge in [-0.05, 0) is 68.9 Å². The van der Waals surface area contributed by atoms with Gasteiger partial charge in [-0.25, -0.2) is 8.78 Å². The summed E-state index contributed by atoms with van der Waals surface area (Å²) in [6, 6.07) is 9.37. The lowest BCUT2D eigenvalue weighted by Crippen LogP contribution is -2.41. The van der Waals surface area contributed by atoms with E-state index in [1.807, 2.05) is 40.7 Å². The van der Waals surface area contributed by atoms with Crippen LogP contribution in [0.2, 0.25) is 0 Å². The first kappa shape index (κ1) is 21.5. The maximum atomic E-state index is 15.6. The van der Waals surface area contributed by atoms with Gasteiger partial charge in [0, 0.05) is 5.56 Å². The Kier molecular flexibility index (Phi) is 5.88. The number of hydrogen-bond acceptors (Lipinski definition) is 3. The molecular weight excluding hydrogens is 373 g/mol. The highest BCUT2D eigenvalue weighted by Crippen LogP contribution is 2.38. The Morgan fingerprint density at radius 2 is 1.59 bits per heavy atom. The SMILES string of the molecule is CC/C=C(/c1ccc(F)cc1)c1c(B2OC(C)(C)C(C)(C)O2)ccc(OC)c1F. The van der Waals surface area contributed by atoms with Crippen molar-refractivity contribution in [3.63, 3.8) is 0 Å². The van der Waals surface area contributed by atoms with Gasteiger partial charge in [-0.2, -0.15) is 0 Å². The Balaban J connectivity index is 2.21. The molecule has 0 saturated carbocycles. The van der Waals surface area contributed by atoms with Crippen LogP contribution >= 0.6 is 0 Å². The lowest BCUT2D eigenvalue weighted by atomic mass is 9.73. The number of ether oxygens (including phenoxy) is 1. The van der Waals surface area contributed by atoms with Crippen molar-refractivity contribution in [2.24, 2.45) is 0 Å². The average molecular weight is 400 g/mol. The van der Waals surface area contributed by atoms with Crippen LogP contribution in [0, 0.1) is 11.6 Å². The summed E-state index contributed by atoms with van der Waals surface area (Å²) in [6.07, 6.45) is 2.59. The fraction of sp³-hybridized carbons (Fsp3) is 0.391. The van der Waals surface area contributed by atoms with E-state index in [-0.39, 0.29) is 11.6 Å². The van der Waals surface area contributed by atoms with Gasteiger partial charge in [-0.3, -0.25) is 0 Å². The summed E-state index contributed by atoms with van der Waals surface area (Å²) < 4.78 is 46.6. The van der Waals surface area contributed by atoms with Crippen LogP contribution in [-0.2, 0) is 9.31 Å². The molecule has 1 heterocycles. The van der Waals surface area contributed by atoms with E-state index in [0.29, 0.717) is 28.6 Å². The van der Waals surface area contributed by atoms with Gasteiger partial charge in [0.25, 0.3) is 0 Å². The predicted octanol–water partition coefficient (Wildman–Crippen LogP) is 5.11. The molecule has 29 heavy (non-hydrogen) atoms. The molecule has 0 N–H and O–H groups in total. The minimum atomic E-state index is -0.740. The highest BCUT2D eigenvalue weighted by atomic mass is 19.1. The van der Waals surface area contributed by atoms with Crippen molar-refractivity contribution >= 4 is 18.2 Å². The number of methoxy groups -OCH3 is 1. The molecule has 0 unspecified atom stereocenters. The van der Waals surface area contributed by atoms with Crippen molar-refractivity contribution < 1.29 is 22.8 Å². The summed E-state index contributed by atoms with van der Waals surface area (Å²) in [5, 5.41) is 0. The molecule has 0 bridgehead atoms. The fourth-order valence-electron chi connectivity index (χ4n) is 3.37. The standard InChI is InChI=1S/C23H27BF2O3/c1-7-8-17(15-9-11-16(25)12-10-15)20-18(13-14-19(27-6)21(20)26)24-28-22(2,3)23(4,5)29-24/h8-14H,7H2,1-6H3/b17-8-. The Bertz CT molecular complexity index is 904. The molecule has 1 saturated heterocycles. The Morgan fingerprint density at radius 1 is 1.00 bits per heavy atom. The summed E-state index contributed by atoms with van der Waals surface area (Å²) in [5.41, 5.74) is 1.15. The van der Waals surface area contributed by atoms with Gasteiger partial charge in [0.15, 0.2) is 11.6 Å². The summed E-state index contributed by atoms with van der Waals surface area (Å²) in [5.74, 6) is -0.713. The van der Waals surface area contributed by atoms with Crippen LogP contribution in [0.15, 0.2) is 42.5 Å². The minimum Gasteiger partial charge on any atom is -0.494 e. The Hall–Kier alpha value is -2.18. The van der Waals surface area contributed by atoms with Crippen molar-refractivity contribution in [3.8, 4) is 5.75 Å². The third-order valence-electron chi connectivity index (χ3n) is 5.70. The van der Waals surface area contributed by atoms with Crippen molar-refractivity contribution in [1.82, 2.24) is 0 Å². The zero-order valence-electron chi connectivity index (χ0n) is 17.8. The molecule has 3 nitrogen and oxygen atoms in total. The molecule has 0 aromatic heterocycles. The maximum Gasteiger partial charge on any atom is 0.495 e. The van der Waals surface area contributed by atoms with Crippen LogP contribution in [0.1, 0.15) is 52.2 Å². The molecule has 3 rings (SSSR count). The van der Waals surface area contributed by atoms with Gasteiger partial charge in [0.2, 0.25) is 0 Å². The van der Waals surface area contributed by atoms with Gasteiger partial charge in [-0.15, -0.1) is 0 Å². The fourth-order valence-corrected chi connectivity index (χ4v) is 3.37. The normalized spacial score (nSPS) is 18.2. The molecule has 0 radical (unpaired) electrons. The molecule has 0 spiro atoms. The molecule has 1 fully saturated rings. The van der Waals surface area contributed by atoms with Crippen molar-refractivity contribution in [2.75, 3.05) is 7.11 Å². The quantitative estimate of drug-likeness (QED) is 0.653. The van der Waals surface area contributed by atoms with Crippen molar-refractivity contribution in [1.29, 1.82) is 0 Å². The molecule has 6 heteroatoms. The third kappa shape index (κ3) is 3.96. The van der Waals surface area contributed by atoms with Crippen LogP contribution < -0.4 is 10.2 Å². The lowest BCUT2D eigenvalue weighted by molar-refractivity contribution is 0.00578. The van der Waals surface area contributed by atoms with E-state index in [9.17, 15) is 4.39 Å². The van der Waals surface area contributed by atoms with Crippen LogP contribution in [0.4, 0.5) is 8.78 Å². The molecule has 0 amide bonds. The van der Waals surface area contributed by atoms with E-state index in [4.69, 9.17) is 14.0 Å². The third-order valence-corrected chi connectivity index (χ3v) is 5.70. The Labute approximate surface area is 171 Å². The van der Waals surface area contributed by atoms with Crippen LogP contribution in [0.5, 0.6) is 5.75 Å². The summed E-state index contributed by atoms with van der Waals surface area (Å²) in [7, 11) is 0.689. The van der Waals surface area contributed by atoms with E-state index in [2.05, 4.69) is 0 Å². The highest BCUT2D eigenvalue weighted by molar-refractivity contribution is 6.63. The average Bonchev–Trinajstić information content (AvgIpc) is 2.88. The van der Waals surface area contributed by atoms with Crippen molar-refractivity contribution in [2.45, 2.75) is 52.2 Å². The van der Waals surface area contributed by atoms with E-state index < -0.39 is 24.1 Å². The molecule has 0 atom stereocenters. The van der Waals surface area contributed by atoms with Crippen molar-refractivity contribution in [3.05, 3.63) is 65.2 Å². The van der Waals surface area contributed by atoms with Gasteiger partial charge in [-0.1, -0.05) is 31.2 Å². The molecule has 2 aromatic carbocycles. The first-order valence-corrected chi connectivity index (χ1v) is 9.79. The first-order valence-electron chi connectivity index (χ1n) is 9.79. The maximum absolute atomic E-state index is 15.6. The van der Waals surface area contributed by atoms with Gasteiger partial charge in [0.05, 0.1) is 18.3 Å². The number of allylic oxidation sites excluding steroid dienone is 1. The predicted molar refractivity (Wildman–Crippen MR) is 112 cm³/mol. The summed E-state index contributed by atoms with van der Waals surface area (Å²) in [4.78, 5) is 0. The van der Waals surface area contributed by atoms with Gasteiger partial charge < -0.3 is 14.0 Å². The number of halogens is 2. The van der Waals surface area contributed by atoms with E-state index in [0.717, 1.165) is 0 Å². The number of benzene rings is 2. The molecular formula is C23H27BF2O3. The molecule has 0 aliphatic carbocycles. The minimum absolute atomic E-state index is 0.129. The van der Waals surface area contributed by atoms with Crippen LogP contribution in [0.25, 0.3) is 5.57 Å². The molecule has 1 aliphatic rings. The smallest absolute Gasteiger partial charge is 0.494 e. The number of rotatable bonds is 5. The highest BCUT2D eigenvalue weighted by Gasteiger charge is 2.52. The number of hydrogen-bond donors (Lipinski definition) is 0. The molecule has 2 aromatic rings.